The average Bonchev–Trinajstić information content (AvgIpc) is 2.21. The van der Waals surface area contributed by atoms with Crippen molar-refractivity contribution in [2.24, 2.45) is 11.1 Å². The first kappa shape index (κ1) is 12.6. The largest absolute Gasteiger partial charge is 0.379 e. The van der Waals surface area contributed by atoms with Crippen LogP contribution < -0.4 is 5.73 Å². The molecule has 0 radical (unpaired) electrons. The van der Waals surface area contributed by atoms with Crippen molar-refractivity contribution in [2.45, 2.75) is 33.1 Å². The summed E-state index contributed by atoms with van der Waals surface area (Å²) in [6.07, 6.45) is 0. The number of hydrogen-bond donors (Lipinski definition) is 1. The van der Waals surface area contributed by atoms with E-state index in [0.29, 0.717) is 6.54 Å². The van der Waals surface area contributed by atoms with Gasteiger partial charge in [0, 0.05) is 5.41 Å². The first-order valence-electron chi connectivity index (χ1n) is 6.28. The molecule has 1 aromatic rings. The molecule has 1 aliphatic heterocycles. The molecule has 17 heavy (non-hydrogen) atoms. The molecule has 1 aliphatic rings. The molecule has 2 rings (SSSR count). The lowest BCUT2D eigenvalue weighted by atomic mass is 9.60. The van der Waals surface area contributed by atoms with Crippen LogP contribution in [0.3, 0.4) is 0 Å². The lowest BCUT2D eigenvalue weighted by Gasteiger charge is -2.52. The van der Waals surface area contributed by atoms with Crippen LogP contribution >= 0.6 is 0 Å². The lowest BCUT2D eigenvalue weighted by Crippen LogP contribution is -2.59. The Labute approximate surface area is 104 Å². The summed E-state index contributed by atoms with van der Waals surface area (Å²) >= 11 is 0. The SMILES string of the molecule is Cc1ccc(C2(C(C)(C)CN)COC2)cc1C. The normalized spacial score (nSPS) is 18.9. The van der Waals surface area contributed by atoms with Crippen LogP contribution in [0, 0.1) is 19.3 Å². The molecule has 2 nitrogen and oxygen atoms in total. The highest BCUT2D eigenvalue weighted by Gasteiger charge is 2.51. The van der Waals surface area contributed by atoms with Crippen LogP contribution in [-0.4, -0.2) is 19.8 Å². The zero-order chi connectivity index (χ0) is 12.7. The Morgan fingerprint density at radius 2 is 1.88 bits per heavy atom. The van der Waals surface area contributed by atoms with Crippen molar-refractivity contribution in [1.29, 1.82) is 0 Å². The molecule has 1 fully saturated rings. The number of benzene rings is 1. The topological polar surface area (TPSA) is 35.2 Å². The Morgan fingerprint density at radius 1 is 1.24 bits per heavy atom. The first-order valence-corrected chi connectivity index (χ1v) is 6.28. The fraction of sp³-hybridized carbons (Fsp3) is 0.600. The number of rotatable bonds is 3. The van der Waals surface area contributed by atoms with Crippen molar-refractivity contribution >= 4 is 0 Å². The summed E-state index contributed by atoms with van der Waals surface area (Å²) in [7, 11) is 0. The second-order valence-corrected chi connectivity index (χ2v) is 5.96. The molecule has 1 aromatic carbocycles. The Balaban J connectivity index is 2.45. The molecule has 0 spiro atoms. The second kappa shape index (κ2) is 4.11. The third-order valence-electron chi connectivity index (χ3n) is 4.56. The van der Waals surface area contributed by atoms with E-state index in [4.69, 9.17) is 10.5 Å². The molecule has 0 saturated carbocycles. The highest BCUT2D eigenvalue weighted by atomic mass is 16.5. The average molecular weight is 233 g/mol. The number of hydrogen-bond acceptors (Lipinski definition) is 2. The summed E-state index contributed by atoms with van der Waals surface area (Å²) in [5.74, 6) is 0. The minimum Gasteiger partial charge on any atom is -0.379 e. The van der Waals surface area contributed by atoms with E-state index in [9.17, 15) is 0 Å². The van der Waals surface area contributed by atoms with Gasteiger partial charge in [-0.3, -0.25) is 0 Å². The Kier molecular flexibility index (Phi) is 3.04. The molecule has 2 N–H and O–H groups in total. The van der Waals surface area contributed by atoms with E-state index >= 15 is 0 Å². The van der Waals surface area contributed by atoms with Crippen LogP contribution in [0.5, 0.6) is 0 Å². The molecule has 2 heteroatoms. The van der Waals surface area contributed by atoms with Crippen LogP contribution in [-0.2, 0) is 10.2 Å². The molecule has 0 amide bonds. The fourth-order valence-electron chi connectivity index (χ4n) is 2.49. The molecular formula is C15H23NO. The van der Waals surface area contributed by atoms with Gasteiger partial charge in [0.25, 0.3) is 0 Å². The van der Waals surface area contributed by atoms with Crippen molar-refractivity contribution in [3.63, 3.8) is 0 Å². The summed E-state index contributed by atoms with van der Waals surface area (Å²) < 4.78 is 5.50. The molecule has 0 unspecified atom stereocenters. The summed E-state index contributed by atoms with van der Waals surface area (Å²) in [4.78, 5) is 0. The van der Waals surface area contributed by atoms with E-state index in [0.717, 1.165) is 13.2 Å². The van der Waals surface area contributed by atoms with Crippen molar-refractivity contribution < 1.29 is 4.74 Å². The summed E-state index contributed by atoms with van der Waals surface area (Å²) in [6, 6.07) is 6.74. The van der Waals surface area contributed by atoms with Crippen molar-refractivity contribution in [2.75, 3.05) is 19.8 Å². The highest BCUT2D eigenvalue weighted by molar-refractivity contribution is 5.38. The maximum atomic E-state index is 5.95. The smallest absolute Gasteiger partial charge is 0.0591 e. The number of ether oxygens (including phenoxy) is 1. The predicted molar refractivity (Wildman–Crippen MR) is 71.2 cm³/mol. The zero-order valence-electron chi connectivity index (χ0n) is 11.3. The quantitative estimate of drug-likeness (QED) is 0.871. The highest BCUT2D eigenvalue weighted by Crippen LogP contribution is 2.47. The Morgan fingerprint density at radius 3 is 2.29 bits per heavy atom. The minimum atomic E-state index is 0.0763. The van der Waals surface area contributed by atoms with Crippen molar-refractivity contribution in [1.82, 2.24) is 0 Å². The summed E-state index contributed by atoms with van der Waals surface area (Å²) in [5, 5.41) is 0. The van der Waals surface area contributed by atoms with Crippen molar-refractivity contribution in [3.05, 3.63) is 34.9 Å². The van der Waals surface area contributed by atoms with Crippen LogP contribution in [0.25, 0.3) is 0 Å². The summed E-state index contributed by atoms with van der Waals surface area (Å²) in [6.45, 7) is 11.1. The van der Waals surface area contributed by atoms with Crippen LogP contribution in [0.1, 0.15) is 30.5 Å². The van der Waals surface area contributed by atoms with Gasteiger partial charge in [-0.1, -0.05) is 32.0 Å². The minimum absolute atomic E-state index is 0.0763. The fourth-order valence-corrected chi connectivity index (χ4v) is 2.49. The van der Waals surface area contributed by atoms with Crippen molar-refractivity contribution in [3.8, 4) is 0 Å². The predicted octanol–water partition coefficient (Wildman–Crippen LogP) is 2.56. The first-order chi connectivity index (χ1) is 7.93. The molecule has 1 saturated heterocycles. The van der Waals surface area contributed by atoms with Gasteiger partial charge in [0.1, 0.15) is 0 Å². The van der Waals surface area contributed by atoms with Crippen LogP contribution in [0.2, 0.25) is 0 Å². The van der Waals surface area contributed by atoms with Gasteiger partial charge in [-0.05, 0) is 42.5 Å². The molecular weight excluding hydrogens is 210 g/mol. The van der Waals surface area contributed by atoms with E-state index in [-0.39, 0.29) is 10.8 Å². The third kappa shape index (κ3) is 1.80. The molecule has 0 bridgehead atoms. The molecule has 1 heterocycles. The van der Waals surface area contributed by atoms with Gasteiger partial charge in [-0.15, -0.1) is 0 Å². The summed E-state index contributed by atoms with van der Waals surface area (Å²) in [5.41, 5.74) is 10.2. The van der Waals surface area contributed by atoms with Crippen LogP contribution in [0.4, 0.5) is 0 Å². The van der Waals surface area contributed by atoms with E-state index in [1.54, 1.807) is 0 Å². The maximum absolute atomic E-state index is 5.95. The standard InChI is InChI=1S/C15H23NO/c1-11-5-6-13(7-12(11)2)15(9-17-10-15)14(3,4)8-16/h5-7H,8-10,16H2,1-4H3. The van der Waals surface area contributed by atoms with Crippen LogP contribution in [0.15, 0.2) is 18.2 Å². The van der Waals surface area contributed by atoms with E-state index < -0.39 is 0 Å². The van der Waals surface area contributed by atoms with E-state index in [1.165, 1.54) is 16.7 Å². The van der Waals surface area contributed by atoms with E-state index in [1.807, 2.05) is 0 Å². The second-order valence-electron chi connectivity index (χ2n) is 5.96. The molecule has 94 valence electrons. The number of aryl methyl sites for hydroxylation is 2. The molecule has 0 atom stereocenters. The Bertz CT molecular complexity index is 419. The lowest BCUT2D eigenvalue weighted by molar-refractivity contribution is -0.116. The molecule has 0 aromatic heterocycles. The van der Waals surface area contributed by atoms with Gasteiger partial charge in [-0.25, -0.2) is 0 Å². The van der Waals surface area contributed by atoms with Gasteiger partial charge in [0.2, 0.25) is 0 Å². The third-order valence-corrected chi connectivity index (χ3v) is 4.56. The molecule has 0 aliphatic carbocycles. The zero-order valence-corrected chi connectivity index (χ0v) is 11.3. The van der Waals surface area contributed by atoms with Gasteiger partial charge >= 0.3 is 0 Å². The van der Waals surface area contributed by atoms with Gasteiger partial charge in [0.15, 0.2) is 0 Å². The monoisotopic (exact) mass is 233 g/mol. The van der Waals surface area contributed by atoms with Gasteiger partial charge < -0.3 is 10.5 Å². The number of nitrogens with two attached hydrogens (primary N) is 1. The van der Waals surface area contributed by atoms with Gasteiger partial charge in [-0.2, -0.15) is 0 Å². The van der Waals surface area contributed by atoms with E-state index in [2.05, 4.69) is 45.9 Å². The Hall–Kier alpha value is -0.860. The van der Waals surface area contributed by atoms with Gasteiger partial charge in [0.05, 0.1) is 13.2 Å². The maximum Gasteiger partial charge on any atom is 0.0591 e.